The molecule has 0 bridgehead atoms. The normalized spacial score (nSPS) is 14.5. The van der Waals surface area contributed by atoms with Crippen LogP contribution in [-0.4, -0.2) is 47.1 Å². The summed E-state index contributed by atoms with van der Waals surface area (Å²) >= 11 is 0. The van der Waals surface area contributed by atoms with E-state index < -0.39 is 0 Å². The van der Waals surface area contributed by atoms with Crippen LogP contribution < -0.4 is 5.32 Å². The first-order valence-electron chi connectivity index (χ1n) is 8.76. The van der Waals surface area contributed by atoms with Crippen LogP contribution in [0.2, 0.25) is 0 Å². The number of hydrogen-bond donors (Lipinski definition) is 1. The third-order valence-corrected chi connectivity index (χ3v) is 4.69. The molecule has 1 atom stereocenters. The minimum Gasteiger partial charge on any atom is -0.360 e. The van der Waals surface area contributed by atoms with E-state index in [1.807, 2.05) is 14.0 Å². The van der Waals surface area contributed by atoms with Gasteiger partial charge in [0.05, 0.1) is 23.8 Å². The third-order valence-electron chi connectivity index (χ3n) is 4.69. The number of hydrogen-bond acceptors (Lipinski definition) is 7. The quantitative estimate of drug-likeness (QED) is 0.746. The fourth-order valence-electron chi connectivity index (χ4n) is 3.29. The highest BCUT2D eigenvalue weighted by molar-refractivity contribution is 5.94. The summed E-state index contributed by atoms with van der Waals surface area (Å²) in [4.78, 5) is 31.6. The number of nitrogens with zero attached hydrogens (tertiary/aromatic N) is 7. The van der Waals surface area contributed by atoms with Crippen LogP contribution in [0, 0.1) is 0 Å². The van der Waals surface area contributed by atoms with Gasteiger partial charge in [0.15, 0.2) is 0 Å². The average molecular weight is 364 g/mol. The average Bonchev–Trinajstić information content (AvgIpc) is 3.14. The SMILES string of the molecule is C[C@H](Nc1ncnc2c1CCN(C(=O)c1cccnc1)C2)c1ncnn1C. The van der Waals surface area contributed by atoms with E-state index in [0.717, 1.165) is 22.9 Å². The van der Waals surface area contributed by atoms with Crippen molar-refractivity contribution in [1.82, 2.24) is 34.6 Å². The standard InChI is InChI=1S/C18H20N8O/c1-12(17-22-11-23-25(17)2)24-16-14-5-7-26(9-15(14)20-10-21-16)18(27)13-4-3-6-19-8-13/h3-4,6,8,10-12H,5,7,9H2,1-2H3,(H,20,21,24)/t12-/m0/s1. The van der Waals surface area contributed by atoms with Crippen LogP contribution >= 0.6 is 0 Å². The molecular weight excluding hydrogens is 344 g/mol. The molecule has 138 valence electrons. The van der Waals surface area contributed by atoms with Crippen LogP contribution in [0.5, 0.6) is 0 Å². The van der Waals surface area contributed by atoms with Gasteiger partial charge < -0.3 is 10.2 Å². The fraction of sp³-hybridized carbons (Fsp3) is 0.333. The summed E-state index contributed by atoms with van der Waals surface area (Å²) in [5.74, 6) is 1.57. The second-order valence-corrected chi connectivity index (χ2v) is 6.47. The second-order valence-electron chi connectivity index (χ2n) is 6.47. The molecule has 1 N–H and O–H groups in total. The highest BCUT2D eigenvalue weighted by Gasteiger charge is 2.26. The predicted octanol–water partition coefficient (Wildman–Crippen LogP) is 1.37. The zero-order chi connectivity index (χ0) is 18.8. The number of fused-ring (bicyclic) bond motifs is 1. The topological polar surface area (TPSA) is 102 Å². The Morgan fingerprint density at radius 1 is 1.26 bits per heavy atom. The Morgan fingerprint density at radius 2 is 2.15 bits per heavy atom. The van der Waals surface area contributed by atoms with Crippen LogP contribution in [0.4, 0.5) is 5.82 Å². The molecule has 9 heteroatoms. The minimum atomic E-state index is -0.0495. The molecule has 0 saturated carbocycles. The van der Waals surface area contributed by atoms with Gasteiger partial charge in [0.25, 0.3) is 5.91 Å². The molecular formula is C18H20N8O. The first kappa shape index (κ1) is 17.1. The number of nitrogens with one attached hydrogen (secondary N) is 1. The van der Waals surface area contributed by atoms with Crippen molar-refractivity contribution < 1.29 is 4.79 Å². The van der Waals surface area contributed by atoms with Crippen molar-refractivity contribution in [3.63, 3.8) is 0 Å². The summed E-state index contributed by atoms with van der Waals surface area (Å²) in [6, 6.07) is 3.50. The molecule has 0 unspecified atom stereocenters. The lowest BCUT2D eigenvalue weighted by atomic mass is 10.0. The highest BCUT2D eigenvalue weighted by atomic mass is 16.2. The molecule has 0 aliphatic carbocycles. The van der Waals surface area contributed by atoms with Gasteiger partial charge in [-0.2, -0.15) is 5.10 Å². The molecule has 0 spiro atoms. The maximum absolute atomic E-state index is 12.7. The number of carbonyl (C=O) groups is 1. The summed E-state index contributed by atoms with van der Waals surface area (Å²) in [5, 5.41) is 7.51. The van der Waals surface area contributed by atoms with E-state index in [1.165, 1.54) is 12.7 Å². The molecule has 0 saturated heterocycles. The molecule has 1 aliphatic rings. The van der Waals surface area contributed by atoms with Crippen molar-refractivity contribution in [3.05, 3.63) is 59.8 Å². The Hall–Kier alpha value is -3.36. The first-order valence-corrected chi connectivity index (χ1v) is 8.76. The number of amides is 1. The van der Waals surface area contributed by atoms with Gasteiger partial charge in [-0.3, -0.25) is 14.5 Å². The van der Waals surface area contributed by atoms with Gasteiger partial charge in [-0.25, -0.2) is 15.0 Å². The molecule has 1 aliphatic heterocycles. The predicted molar refractivity (Wildman–Crippen MR) is 97.8 cm³/mol. The first-order chi connectivity index (χ1) is 13.1. The van der Waals surface area contributed by atoms with Crippen molar-refractivity contribution in [2.24, 2.45) is 7.05 Å². The Balaban J connectivity index is 1.53. The molecule has 3 aromatic rings. The van der Waals surface area contributed by atoms with Gasteiger partial charge in [0.1, 0.15) is 24.3 Å². The monoisotopic (exact) mass is 364 g/mol. The number of aromatic nitrogens is 6. The van der Waals surface area contributed by atoms with E-state index in [9.17, 15) is 4.79 Å². The molecule has 1 amide bonds. The van der Waals surface area contributed by atoms with E-state index in [1.54, 1.807) is 34.1 Å². The Morgan fingerprint density at radius 3 is 2.89 bits per heavy atom. The summed E-state index contributed by atoms with van der Waals surface area (Å²) < 4.78 is 1.74. The molecule has 4 rings (SSSR count). The van der Waals surface area contributed by atoms with Crippen molar-refractivity contribution >= 4 is 11.7 Å². The number of aryl methyl sites for hydroxylation is 1. The summed E-state index contributed by atoms with van der Waals surface area (Å²) in [7, 11) is 1.86. The van der Waals surface area contributed by atoms with Crippen LogP contribution in [-0.2, 0) is 20.0 Å². The molecule has 4 heterocycles. The molecule has 27 heavy (non-hydrogen) atoms. The Labute approximate surface area is 156 Å². The number of pyridine rings is 1. The number of carbonyl (C=O) groups excluding carboxylic acids is 1. The third kappa shape index (κ3) is 3.35. The molecule has 0 fully saturated rings. The van der Waals surface area contributed by atoms with E-state index in [2.05, 4.69) is 30.4 Å². The van der Waals surface area contributed by atoms with Gasteiger partial charge in [0.2, 0.25) is 0 Å². The highest BCUT2D eigenvalue weighted by Crippen LogP contribution is 2.26. The molecule has 0 radical (unpaired) electrons. The van der Waals surface area contributed by atoms with Crippen molar-refractivity contribution in [2.75, 3.05) is 11.9 Å². The Kier molecular flexibility index (Phi) is 4.49. The molecule has 3 aromatic heterocycles. The van der Waals surface area contributed by atoms with E-state index in [0.29, 0.717) is 25.1 Å². The lowest BCUT2D eigenvalue weighted by Crippen LogP contribution is -2.37. The maximum atomic E-state index is 12.7. The van der Waals surface area contributed by atoms with Crippen LogP contribution in [0.15, 0.2) is 37.2 Å². The zero-order valence-electron chi connectivity index (χ0n) is 15.2. The van der Waals surface area contributed by atoms with Crippen LogP contribution in [0.3, 0.4) is 0 Å². The second kappa shape index (κ2) is 7.10. The van der Waals surface area contributed by atoms with Gasteiger partial charge >= 0.3 is 0 Å². The molecule has 9 nitrogen and oxygen atoms in total. The zero-order valence-corrected chi connectivity index (χ0v) is 15.2. The van der Waals surface area contributed by atoms with Crippen LogP contribution in [0.25, 0.3) is 0 Å². The van der Waals surface area contributed by atoms with Crippen molar-refractivity contribution in [2.45, 2.75) is 25.9 Å². The van der Waals surface area contributed by atoms with Gasteiger partial charge in [-0.1, -0.05) is 0 Å². The van der Waals surface area contributed by atoms with Crippen molar-refractivity contribution in [3.8, 4) is 0 Å². The lowest BCUT2D eigenvalue weighted by Gasteiger charge is -2.29. The lowest BCUT2D eigenvalue weighted by molar-refractivity contribution is 0.0731. The van der Waals surface area contributed by atoms with Crippen molar-refractivity contribution in [1.29, 1.82) is 0 Å². The van der Waals surface area contributed by atoms with E-state index in [4.69, 9.17) is 0 Å². The number of anilines is 1. The minimum absolute atomic E-state index is 0.0330. The van der Waals surface area contributed by atoms with Crippen LogP contribution in [0.1, 0.15) is 40.4 Å². The van der Waals surface area contributed by atoms with Gasteiger partial charge in [-0.15, -0.1) is 0 Å². The largest absolute Gasteiger partial charge is 0.360 e. The smallest absolute Gasteiger partial charge is 0.255 e. The molecule has 0 aromatic carbocycles. The summed E-state index contributed by atoms with van der Waals surface area (Å²) in [6.45, 7) is 3.08. The summed E-state index contributed by atoms with van der Waals surface area (Å²) in [6.07, 6.45) is 7.00. The summed E-state index contributed by atoms with van der Waals surface area (Å²) in [5.41, 5.74) is 2.49. The number of rotatable bonds is 4. The van der Waals surface area contributed by atoms with Gasteiger partial charge in [0, 0.05) is 31.5 Å². The maximum Gasteiger partial charge on any atom is 0.255 e. The van der Waals surface area contributed by atoms with Gasteiger partial charge in [-0.05, 0) is 25.5 Å². The van der Waals surface area contributed by atoms with E-state index in [-0.39, 0.29) is 11.9 Å². The Bertz CT molecular complexity index is 955. The van der Waals surface area contributed by atoms with E-state index >= 15 is 0 Å². The fourth-order valence-corrected chi connectivity index (χ4v) is 3.29.